The topological polar surface area (TPSA) is 95.7 Å². The Labute approximate surface area is 115 Å². The number of rotatable bonds is 4. The zero-order valence-corrected chi connectivity index (χ0v) is 10.8. The monoisotopic (exact) mass is 277 g/mol. The second kappa shape index (κ2) is 6.16. The Balaban J connectivity index is 2.34. The number of carboxylic acids is 1. The number of nitro benzene ring substituents is 1. The fourth-order valence-corrected chi connectivity index (χ4v) is 2.12. The number of hydrogen-bond acceptors (Lipinski definition) is 5. The van der Waals surface area contributed by atoms with Crippen molar-refractivity contribution >= 4 is 23.4 Å². The van der Waals surface area contributed by atoms with Crippen molar-refractivity contribution in [1.82, 2.24) is 5.32 Å². The first-order chi connectivity index (χ1) is 9.58. The third kappa shape index (κ3) is 3.33. The highest BCUT2D eigenvalue weighted by molar-refractivity contribution is 5.86. The zero-order chi connectivity index (χ0) is 14.5. The highest BCUT2D eigenvalue weighted by atomic mass is 16.6. The molecule has 1 aliphatic rings. The van der Waals surface area contributed by atoms with Crippen LogP contribution in [0.2, 0.25) is 0 Å². The standard InChI is InChI=1S/C13H15N3O4/c17-13(18)4-1-10-9-11(2-3-12(10)16(19)20)15-7-5-14-6-8-15/h1-4,9,14H,5-8H2,(H,17,18)/b4-1+. The zero-order valence-electron chi connectivity index (χ0n) is 10.8. The Morgan fingerprint density at radius 2 is 2.10 bits per heavy atom. The molecular weight excluding hydrogens is 262 g/mol. The van der Waals surface area contributed by atoms with Crippen molar-refractivity contribution in [3.8, 4) is 0 Å². The van der Waals surface area contributed by atoms with Gasteiger partial charge in [0.1, 0.15) is 0 Å². The van der Waals surface area contributed by atoms with Gasteiger partial charge in [-0.15, -0.1) is 0 Å². The number of nitro groups is 1. The molecule has 0 atom stereocenters. The number of carboxylic acid groups (broad SMARTS) is 1. The van der Waals surface area contributed by atoms with Crippen LogP contribution in [0.25, 0.3) is 6.08 Å². The Kier molecular flexibility index (Phi) is 4.31. The number of piperazine rings is 1. The molecule has 1 saturated heterocycles. The molecule has 0 bridgehead atoms. The van der Waals surface area contributed by atoms with Gasteiger partial charge in [0.05, 0.1) is 10.5 Å². The molecule has 1 aromatic carbocycles. The first-order valence-corrected chi connectivity index (χ1v) is 6.23. The highest BCUT2D eigenvalue weighted by Gasteiger charge is 2.16. The minimum Gasteiger partial charge on any atom is -0.478 e. The van der Waals surface area contributed by atoms with E-state index in [0.29, 0.717) is 5.56 Å². The van der Waals surface area contributed by atoms with Crippen LogP contribution < -0.4 is 10.2 Å². The number of aliphatic carboxylic acids is 1. The van der Waals surface area contributed by atoms with Gasteiger partial charge in [-0.25, -0.2) is 4.79 Å². The largest absolute Gasteiger partial charge is 0.478 e. The summed E-state index contributed by atoms with van der Waals surface area (Å²) in [5.41, 5.74) is 1.07. The molecule has 2 rings (SSSR count). The van der Waals surface area contributed by atoms with Crippen molar-refractivity contribution in [3.63, 3.8) is 0 Å². The van der Waals surface area contributed by atoms with Gasteiger partial charge in [-0.05, 0) is 18.2 Å². The van der Waals surface area contributed by atoms with Crippen molar-refractivity contribution in [2.75, 3.05) is 31.1 Å². The molecule has 1 heterocycles. The summed E-state index contributed by atoms with van der Waals surface area (Å²) in [7, 11) is 0. The van der Waals surface area contributed by atoms with E-state index in [2.05, 4.69) is 10.2 Å². The van der Waals surface area contributed by atoms with Crippen molar-refractivity contribution in [3.05, 3.63) is 40.0 Å². The van der Waals surface area contributed by atoms with Gasteiger partial charge in [0.2, 0.25) is 0 Å². The van der Waals surface area contributed by atoms with E-state index in [9.17, 15) is 14.9 Å². The molecule has 0 aliphatic carbocycles. The van der Waals surface area contributed by atoms with Gasteiger partial charge < -0.3 is 15.3 Å². The Hall–Kier alpha value is -2.41. The van der Waals surface area contributed by atoms with Crippen molar-refractivity contribution < 1.29 is 14.8 Å². The molecule has 1 aromatic rings. The molecule has 0 aromatic heterocycles. The van der Waals surface area contributed by atoms with E-state index >= 15 is 0 Å². The lowest BCUT2D eigenvalue weighted by Crippen LogP contribution is -2.43. The quantitative estimate of drug-likeness (QED) is 0.486. The van der Waals surface area contributed by atoms with E-state index < -0.39 is 10.9 Å². The molecule has 7 nitrogen and oxygen atoms in total. The van der Waals surface area contributed by atoms with E-state index in [-0.39, 0.29) is 5.69 Å². The summed E-state index contributed by atoms with van der Waals surface area (Å²) in [6.45, 7) is 3.36. The predicted molar refractivity (Wildman–Crippen MR) is 74.8 cm³/mol. The SMILES string of the molecule is O=C(O)/C=C/c1cc(N2CCNCC2)ccc1[N+](=O)[O-]. The molecule has 0 spiro atoms. The minimum atomic E-state index is -1.13. The number of nitrogens with one attached hydrogen (secondary N) is 1. The molecule has 2 N–H and O–H groups in total. The van der Waals surface area contributed by atoms with Crippen LogP contribution in [-0.2, 0) is 4.79 Å². The van der Waals surface area contributed by atoms with Crippen molar-refractivity contribution in [1.29, 1.82) is 0 Å². The lowest BCUT2D eigenvalue weighted by Gasteiger charge is -2.29. The van der Waals surface area contributed by atoms with Gasteiger partial charge in [-0.3, -0.25) is 10.1 Å². The molecule has 1 aliphatic heterocycles. The lowest BCUT2D eigenvalue weighted by molar-refractivity contribution is -0.385. The molecule has 0 unspecified atom stereocenters. The van der Waals surface area contributed by atoms with E-state index in [0.717, 1.165) is 37.9 Å². The predicted octanol–water partition coefficient (Wildman–Crippen LogP) is 1.10. The summed E-state index contributed by atoms with van der Waals surface area (Å²) in [6.07, 6.45) is 2.16. The van der Waals surface area contributed by atoms with Crippen LogP contribution in [0.1, 0.15) is 5.56 Å². The van der Waals surface area contributed by atoms with E-state index in [1.54, 1.807) is 12.1 Å². The maximum atomic E-state index is 11.0. The summed E-state index contributed by atoms with van der Waals surface area (Å²) in [5.74, 6) is -1.13. The number of nitrogens with zero attached hydrogens (tertiary/aromatic N) is 2. The lowest BCUT2D eigenvalue weighted by atomic mass is 10.1. The van der Waals surface area contributed by atoms with Crippen LogP contribution in [0.15, 0.2) is 24.3 Å². The third-order valence-corrected chi connectivity index (χ3v) is 3.10. The van der Waals surface area contributed by atoms with Crippen LogP contribution in [0.4, 0.5) is 11.4 Å². The van der Waals surface area contributed by atoms with Crippen LogP contribution in [-0.4, -0.2) is 42.2 Å². The minimum absolute atomic E-state index is 0.0959. The van der Waals surface area contributed by atoms with Crippen molar-refractivity contribution in [2.24, 2.45) is 0 Å². The summed E-state index contributed by atoms with van der Waals surface area (Å²) < 4.78 is 0. The average Bonchev–Trinajstić information content (AvgIpc) is 2.45. The molecule has 0 amide bonds. The molecule has 0 saturated carbocycles. The Morgan fingerprint density at radius 1 is 1.40 bits per heavy atom. The maximum absolute atomic E-state index is 11.0. The Bertz CT molecular complexity index is 551. The molecule has 0 radical (unpaired) electrons. The van der Waals surface area contributed by atoms with Gasteiger partial charge in [-0.2, -0.15) is 0 Å². The average molecular weight is 277 g/mol. The number of anilines is 1. The smallest absolute Gasteiger partial charge is 0.328 e. The second-order valence-corrected chi connectivity index (χ2v) is 4.41. The van der Waals surface area contributed by atoms with Crippen molar-refractivity contribution in [2.45, 2.75) is 0 Å². The molecule has 7 heteroatoms. The molecule has 20 heavy (non-hydrogen) atoms. The fraction of sp³-hybridized carbons (Fsp3) is 0.308. The number of benzene rings is 1. The van der Waals surface area contributed by atoms with Gasteiger partial charge >= 0.3 is 5.97 Å². The van der Waals surface area contributed by atoms with E-state index in [1.807, 2.05) is 0 Å². The Morgan fingerprint density at radius 3 is 2.70 bits per heavy atom. The summed E-state index contributed by atoms with van der Waals surface area (Å²) in [5, 5.41) is 22.8. The highest BCUT2D eigenvalue weighted by Crippen LogP contribution is 2.26. The van der Waals surface area contributed by atoms with Gasteiger partial charge in [0.25, 0.3) is 5.69 Å². The number of carbonyl (C=O) groups is 1. The van der Waals surface area contributed by atoms with E-state index in [4.69, 9.17) is 5.11 Å². The summed E-state index contributed by atoms with van der Waals surface area (Å²) in [6, 6.07) is 4.77. The fourth-order valence-electron chi connectivity index (χ4n) is 2.12. The normalized spacial score (nSPS) is 15.5. The van der Waals surface area contributed by atoms with Crippen LogP contribution >= 0.6 is 0 Å². The van der Waals surface area contributed by atoms with Gasteiger partial charge in [0, 0.05) is 44.0 Å². The maximum Gasteiger partial charge on any atom is 0.328 e. The van der Waals surface area contributed by atoms with Gasteiger partial charge in [0.15, 0.2) is 0 Å². The molecule has 1 fully saturated rings. The van der Waals surface area contributed by atoms with Crippen LogP contribution in [0.3, 0.4) is 0 Å². The molecule has 106 valence electrons. The number of hydrogen-bond donors (Lipinski definition) is 2. The van der Waals surface area contributed by atoms with Gasteiger partial charge in [-0.1, -0.05) is 0 Å². The first kappa shape index (κ1) is 14.0. The molecular formula is C13H15N3O4. The second-order valence-electron chi connectivity index (χ2n) is 4.41. The third-order valence-electron chi connectivity index (χ3n) is 3.10. The summed E-state index contributed by atoms with van der Waals surface area (Å²) in [4.78, 5) is 23.1. The van der Waals surface area contributed by atoms with E-state index in [1.165, 1.54) is 12.1 Å². The van der Waals surface area contributed by atoms with Crippen LogP contribution in [0.5, 0.6) is 0 Å². The summed E-state index contributed by atoms with van der Waals surface area (Å²) >= 11 is 0. The van der Waals surface area contributed by atoms with Crippen LogP contribution in [0, 0.1) is 10.1 Å². The first-order valence-electron chi connectivity index (χ1n) is 6.23.